The Kier molecular flexibility index (Phi) is 5.65. The molecule has 6 heteroatoms. The summed E-state index contributed by atoms with van der Waals surface area (Å²) in [4.78, 5) is 24.2. The number of anilines is 2. The Bertz CT molecular complexity index is 564. The van der Waals surface area contributed by atoms with Crippen LogP contribution < -0.4 is 16.0 Å². The molecule has 23 heavy (non-hydrogen) atoms. The molecule has 3 N–H and O–H groups in total. The molecule has 1 atom stereocenters. The summed E-state index contributed by atoms with van der Waals surface area (Å²) in [5.41, 5.74) is 1.11. The van der Waals surface area contributed by atoms with Gasteiger partial charge in [0, 0.05) is 17.3 Å². The molecule has 1 aliphatic carbocycles. The third kappa shape index (κ3) is 4.03. The molecule has 126 valence electrons. The number of benzene rings is 1. The molecule has 1 saturated heterocycles. The first-order valence-corrected chi connectivity index (χ1v) is 8.10. The van der Waals surface area contributed by atoms with Gasteiger partial charge in [-0.05, 0) is 62.9 Å². The van der Waals surface area contributed by atoms with Gasteiger partial charge in [-0.1, -0.05) is 6.92 Å². The normalized spacial score (nSPS) is 23.0. The van der Waals surface area contributed by atoms with Crippen LogP contribution in [0.5, 0.6) is 0 Å². The molecular weight excluding hydrogens is 314 g/mol. The molecule has 0 aromatic heterocycles. The van der Waals surface area contributed by atoms with E-state index in [1.54, 1.807) is 0 Å². The first kappa shape index (κ1) is 17.8. The van der Waals surface area contributed by atoms with Crippen LogP contribution in [0.25, 0.3) is 0 Å². The molecule has 5 nitrogen and oxygen atoms in total. The minimum Gasteiger partial charge on any atom is -0.326 e. The molecule has 1 heterocycles. The summed E-state index contributed by atoms with van der Waals surface area (Å²) in [5, 5.41) is 9.20. The summed E-state index contributed by atoms with van der Waals surface area (Å²) in [7, 11) is 0. The molecule has 2 amide bonds. The highest BCUT2D eigenvalue weighted by molar-refractivity contribution is 5.99. The minimum absolute atomic E-state index is 0. The second-order valence-corrected chi connectivity index (χ2v) is 6.26. The Morgan fingerprint density at radius 1 is 1.17 bits per heavy atom. The zero-order chi connectivity index (χ0) is 15.6. The van der Waals surface area contributed by atoms with Crippen LogP contribution in [0, 0.1) is 5.92 Å². The van der Waals surface area contributed by atoms with E-state index in [1.165, 1.54) is 0 Å². The summed E-state index contributed by atoms with van der Waals surface area (Å²) in [6.07, 6.45) is 4.69. The summed E-state index contributed by atoms with van der Waals surface area (Å²) in [5.74, 6) is 0.316. The Morgan fingerprint density at radius 3 is 2.26 bits per heavy atom. The van der Waals surface area contributed by atoms with E-state index in [1.807, 2.05) is 31.2 Å². The van der Waals surface area contributed by atoms with Crippen LogP contribution in [-0.2, 0) is 9.59 Å². The lowest BCUT2D eigenvalue weighted by Gasteiger charge is -2.26. The van der Waals surface area contributed by atoms with Gasteiger partial charge in [-0.15, -0.1) is 12.4 Å². The van der Waals surface area contributed by atoms with Crippen LogP contribution in [0.2, 0.25) is 0 Å². The van der Waals surface area contributed by atoms with Gasteiger partial charge in [0.15, 0.2) is 0 Å². The Labute approximate surface area is 143 Å². The van der Waals surface area contributed by atoms with Crippen molar-refractivity contribution >= 4 is 35.6 Å². The van der Waals surface area contributed by atoms with Gasteiger partial charge in [-0.25, -0.2) is 0 Å². The third-order valence-electron chi connectivity index (χ3n) is 4.64. The lowest BCUT2D eigenvalue weighted by molar-refractivity contribution is -0.122. The van der Waals surface area contributed by atoms with Crippen molar-refractivity contribution in [3.05, 3.63) is 24.3 Å². The van der Waals surface area contributed by atoms with Crippen molar-refractivity contribution < 1.29 is 9.59 Å². The number of halogens is 1. The van der Waals surface area contributed by atoms with E-state index in [0.717, 1.165) is 50.0 Å². The second kappa shape index (κ2) is 7.32. The Morgan fingerprint density at radius 2 is 1.78 bits per heavy atom. The van der Waals surface area contributed by atoms with Crippen LogP contribution in [0.1, 0.15) is 39.0 Å². The molecule has 1 aromatic carbocycles. The lowest BCUT2D eigenvalue weighted by Crippen LogP contribution is -2.50. The van der Waals surface area contributed by atoms with Crippen molar-refractivity contribution in [2.45, 2.75) is 44.6 Å². The van der Waals surface area contributed by atoms with Crippen LogP contribution in [0.3, 0.4) is 0 Å². The van der Waals surface area contributed by atoms with Gasteiger partial charge in [-0.2, -0.15) is 0 Å². The van der Waals surface area contributed by atoms with Crippen molar-refractivity contribution in [1.29, 1.82) is 0 Å². The predicted molar refractivity (Wildman–Crippen MR) is 93.9 cm³/mol. The molecule has 0 spiro atoms. The predicted octanol–water partition coefficient (Wildman–Crippen LogP) is 2.93. The van der Waals surface area contributed by atoms with Gasteiger partial charge in [0.25, 0.3) is 0 Å². The maximum Gasteiger partial charge on any atom is 0.244 e. The SMILES string of the molecule is CCC1(C(=O)Nc2ccc(NC(=O)C3CC3)cc2)CCCN1.Cl. The fraction of sp³-hybridized carbons (Fsp3) is 0.529. The number of nitrogens with one attached hydrogen (secondary N) is 3. The van der Waals surface area contributed by atoms with Crippen molar-refractivity contribution in [1.82, 2.24) is 5.32 Å². The van der Waals surface area contributed by atoms with Crippen molar-refractivity contribution in [3.8, 4) is 0 Å². The van der Waals surface area contributed by atoms with E-state index < -0.39 is 5.54 Å². The number of carbonyl (C=O) groups excluding carboxylic acids is 2. The van der Waals surface area contributed by atoms with Crippen LogP contribution in [0.4, 0.5) is 11.4 Å². The number of rotatable bonds is 5. The topological polar surface area (TPSA) is 70.2 Å². The van der Waals surface area contributed by atoms with Crippen molar-refractivity contribution in [2.75, 3.05) is 17.2 Å². The first-order valence-electron chi connectivity index (χ1n) is 8.10. The fourth-order valence-corrected chi connectivity index (χ4v) is 2.94. The van der Waals surface area contributed by atoms with Crippen LogP contribution >= 0.6 is 12.4 Å². The van der Waals surface area contributed by atoms with Crippen molar-refractivity contribution in [2.24, 2.45) is 5.92 Å². The highest BCUT2D eigenvalue weighted by atomic mass is 35.5. The zero-order valence-electron chi connectivity index (χ0n) is 13.4. The molecule has 2 fully saturated rings. The molecule has 0 bridgehead atoms. The van der Waals surface area contributed by atoms with Gasteiger partial charge in [0.2, 0.25) is 11.8 Å². The van der Waals surface area contributed by atoms with Gasteiger partial charge < -0.3 is 16.0 Å². The van der Waals surface area contributed by atoms with E-state index in [9.17, 15) is 9.59 Å². The van der Waals surface area contributed by atoms with Gasteiger partial charge in [0.05, 0.1) is 5.54 Å². The van der Waals surface area contributed by atoms with E-state index in [-0.39, 0.29) is 30.1 Å². The third-order valence-corrected chi connectivity index (χ3v) is 4.64. The molecule has 1 aliphatic heterocycles. The van der Waals surface area contributed by atoms with Crippen LogP contribution in [-0.4, -0.2) is 23.9 Å². The Balaban J connectivity index is 0.00000192. The second-order valence-electron chi connectivity index (χ2n) is 6.26. The zero-order valence-corrected chi connectivity index (χ0v) is 14.2. The molecule has 1 saturated carbocycles. The molecule has 3 rings (SSSR count). The summed E-state index contributed by atoms with van der Waals surface area (Å²) >= 11 is 0. The highest BCUT2D eigenvalue weighted by Gasteiger charge is 2.39. The van der Waals surface area contributed by atoms with E-state index >= 15 is 0 Å². The van der Waals surface area contributed by atoms with E-state index in [0.29, 0.717) is 0 Å². The maximum atomic E-state index is 12.5. The molecule has 1 unspecified atom stereocenters. The standard InChI is InChI=1S/C17H23N3O2.ClH/c1-2-17(10-3-11-18-17)16(22)20-14-8-6-13(7-9-14)19-15(21)12-4-5-12;/h6-9,12,18H,2-5,10-11H2,1H3,(H,19,21)(H,20,22);1H. The van der Waals surface area contributed by atoms with E-state index in [2.05, 4.69) is 16.0 Å². The summed E-state index contributed by atoms with van der Waals surface area (Å²) in [6.45, 7) is 2.93. The minimum atomic E-state index is -0.432. The highest BCUT2D eigenvalue weighted by Crippen LogP contribution is 2.30. The van der Waals surface area contributed by atoms with Gasteiger partial charge >= 0.3 is 0 Å². The number of carbonyl (C=O) groups is 2. The molecular formula is C17H24ClN3O2. The van der Waals surface area contributed by atoms with Gasteiger partial charge in [-0.3, -0.25) is 9.59 Å². The molecule has 1 aromatic rings. The first-order chi connectivity index (χ1) is 10.6. The number of amides is 2. The summed E-state index contributed by atoms with van der Waals surface area (Å²) in [6, 6.07) is 7.32. The van der Waals surface area contributed by atoms with Crippen molar-refractivity contribution in [3.63, 3.8) is 0 Å². The van der Waals surface area contributed by atoms with E-state index in [4.69, 9.17) is 0 Å². The smallest absolute Gasteiger partial charge is 0.244 e. The molecule has 0 radical (unpaired) electrons. The average Bonchev–Trinajstić information content (AvgIpc) is 3.27. The molecule has 2 aliphatic rings. The fourth-order valence-electron chi connectivity index (χ4n) is 2.94. The average molecular weight is 338 g/mol. The Hall–Kier alpha value is -1.59. The number of hydrogen-bond donors (Lipinski definition) is 3. The van der Waals surface area contributed by atoms with Crippen LogP contribution in [0.15, 0.2) is 24.3 Å². The maximum absolute atomic E-state index is 12.5. The number of hydrogen-bond acceptors (Lipinski definition) is 3. The quantitative estimate of drug-likeness (QED) is 0.773. The summed E-state index contributed by atoms with van der Waals surface area (Å²) < 4.78 is 0. The lowest BCUT2D eigenvalue weighted by atomic mass is 9.93. The monoisotopic (exact) mass is 337 g/mol. The largest absolute Gasteiger partial charge is 0.326 e. The van der Waals surface area contributed by atoms with Gasteiger partial charge in [0.1, 0.15) is 0 Å².